The highest BCUT2D eigenvalue weighted by atomic mass is 32.1. The fourth-order valence-electron chi connectivity index (χ4n) is 3.05. The van der Waals surface area contributed by atoms with Crippen molar-refractivity contribution in [3.63, 3.8) is 0 Å². The number of hydrogen-bond donors (Lipinski definition) is 1. The molecular weight excluding hydrogens is 274 g/mol. The van der Waals surface area contributed by atoms with Crippen LogP contribution >= 0.6 is 11.3 Å². The maximum absolute atomic E-state index is 12.4. The molecule has 6 heteroatoms. The molecule has 0 spiro atoms. The number of thiazole rings is 1. The van der Waals surface area contributed by atoms with E-state index in [1.165, 1.54) is 4.90 Å². The highest BCUT2D eigenvalue weighted by Gasteiger charge is 2.42. The summed E-state index contributed by atoms with van der Waals surface area (Å²) in [7, 11) is 0. The second kappa shape index (κ2) is 5.61. The van der Waals surface area contributed by atoms with Gasteiger partial charge in [0.15, 0.2) is 0 Å². The lowest BCUT2D eigenvalue weighted by molar-refractivity contribution is -0.141. The molecule has 2 fully saturated rings. The average Bonchev–Trinajstić information content (AvgIpc) is 3.10. The molecule has 0 radical (unpaired) electrons. The van der Waals surface area contributed by atoms with Crippen LogP contribution < -0.4 is 5.32 Å². The van der Waals surface area contributed by atoms with E-state index in [2.05, 4.69) is 10.3 Å². The molecule has 2 heterocycles. The van der Waals surface area contributed by atoms with Crippen LogP contribution in [0.15, 0.2) is 5.38 Å². The van der Waals surface area contributed by atoms with E-state index >= 15 is 0 Å². The van der Waals surface area contributed by atoms with E-state index < -0.39 is 0 Å². The number of likely N-dealkylation sites (tertiary alicyclic amines) is 1. The molecule has 108 valence electrons. The summed E-state index contributed by atoms with van der Waals surface area (Å²) in [4.78, 5) is 30.3. The van der Waals surface area contributed by atoms with E-state index in [9.17, 15) is 9.59 Å². The zero-order valence-corrected chi connectivity index (χ0v) is 12.4. The number of aryl methyl sites for hydroxylation is 1. The van der Waals surface area contributed by atoms with Gasteiger partial charge in [0.1, 0.15) is 5.01 Å². The summed E-state index contributed by atoms with van der Waals surface area (Å²) in [5.74, 6) is -0.0649. The van der Waals surface area contributed by atoms with Gasteiger partial charge in [0.05, 0.1) is 12.5 Å². The van der Waals surface area contributed by atoms with Crippen LogP contribution in [0.1, 0.15) is 42.8 Å². The van der Waals surface area contributed by atoms with Crippen molar-refractivity contribution in [2.24, 2.45) is 0 Å². The monoisotopic (exact) mass is 293 g/mol. The predicted molar refractivity (Wildman–Crippen MR) is 76.2 cm³/mol. The summed E-state index contributed by atoms with van der Waals surface area (Å²) in [5, 5.41) is 6.13. The maximum atomic E-state index is 12.4. The first-order valence-electron chi connectivity index (χ1n) is 7.15. The summed E-state index contributed by atoms with van der Waals surface area (Å²) < 4.78 is 0. The van der Waals surface area contributed by atoms with E-state index in [1.54, 1.807) is 11.3 Å². The Hall–Kier alpha value is -1.27. The van der Waals surface area contributed by atoms with Gasteiger partial charge in [0.2, 0.25) is 11.8 Å². The summed E-state index contributed by atoms with van der Waals surface area (Å²) in [6.45, 7) is 2.51. The Balaban J connectivity index is 1.60. The maximum Gasteiger partial charge on any atom is 0.247 e. The van der Waals surface area contributed by atoms with Gasteiger partial charge >= 0.3 is 0 Å². The van der Waals surface area contributed by atoms with Crippen molar-refractivity contribution < 1.29 is 9.59 Å². The molecule has 1 aromatic heterocycles. The topological polar surface area (TPSA) is 62.3 Å². The van der Waals surface area contributed by atoms with Crippen molar-refractivity contribution in [3.05, 3.63) is 16.1 Å². The summed E-state index contributed by atoms with van der Waals surface area (Å²) in [5.41, 5.74) is 0.994. The second-order valence-corrected chi connectivity index (χ2v) is 6.50. The van der Waals surface area contributed by atoms with E-state index in [0.717, 1.165) is 36.4 Å². The van der Waals surface area contributed by atoms with Gasteiger partial charge < -0.3 is 0 Å². The Morgan fingerprint density at radius 2 is 2.15 bits per heavy atom. The molecule has 2 aliphatic rings. The van der Waals surface area contributed by atoms with Crippen LogP contribution in [0.3, 0.4) is 0 Å². The first kappa shape index (κ1) is 13.7. The van der Waals surface area contributed by atoms with Crippen molar-refractivity contribution >= 4 is 23.2 Å². The van der Waals surface area contributed by atoms with Crippen LogP contribution in [-0.4, -0.2) is 33.8 Å². The van der Waals surface area contributed by atoms with E-state index in [0.29, 0.717) is 13.0 Å². The highest BCUT2D eigenvalue weighted by molar-refractivity contribution is 7.09. The number of hydrogen-bond acceptors (Lipinski definition) is 5. The van der Waals surface area contributed by atoms with Crippen LogP contribution in [0.4, 0.5) is 0 Å². The van der Waals surface area contributed by atoms with Gasteiger partial charge in [0, 0.05) is 23.7 Å². The molecular formula is C14H19N3O2S. The minimum absolute atomic E-state index is 0.0188. The molecule has 1 unspecified atom stereocenters. The fourth-order valence-corrected chi connectivity index (χ4v) is 3.77. The molecule has 1 atom stereocenters. The molecule has 20 heavy (non-hydrogen) atoms. The smallest absolute Gasteiger partial charge is 0.247 e. The molecule has 5 nitrogen and oxygen atoms in total. The van der Waals surface area contributed by atoms with Crippen molar-refractivity contribution in [2.45, 2.75) is 57.7 Å². The van der Waals surface area contributed by atoms with E-state index in [-0.39, 0.29) is 23.9 Å². The van der Waals surface area contributed by atoms with Crippen LogP contribution in [0.5, 0.6) is 0 Å². The Bertz CT molecular complexity index is 522. The van der Waals surface area contributed by atoms with Crippen molar-refractivity contribution in [3.8, 4) is 0 Å². The standard InChI is InChI=1S/C14H19N3O2S/c1-9-8-20-12(16-9)7-15-11-6-13(18)17(14(11)19)10-4-2-3-5-10/h8,10-11,15H,2-7H2,1H3. The molecule has 1 aliphatic carbocycles. The van der Waals surface area contributed by atoms with Gasteiger partial charge in [-0.15, -0.1) is 11.3 Å². The first-order valence-corrected chi connectivity index (χ1v) is 8.03. The van der Waals surface area contributed by atoms with Crippen LogP contribution in [0.2, 0.25) is 0 Å². The number of aromatic nitrogens is 1. The normalized spacial score (nSPS) is 24.1. The van der Waals surface area contributed by atoms with Crippen molar-refractivity contribution in [1.82, 2.24) is 15.2 Å². The molecule has 0 bridgehead atoms. The lowest BCUT2D eigenvalue weighted by atomic mass is 10.2. The summed E-state index contributed by atoms with van der Waals surface area (Å²) >= 11 is 1.58. The molecule has 2 amide bonds. The molecule has 1 aromatic rings. The second-order valence-electron chi connectivity index (χ2n) is 5.56. The average molecular weight is 293 g/mol. The minimum Gasteiger partial charge on any atom is -0.299 e. The largest absolute Gasteiger partial charge is 0.299 e. The minimum atomic E-state index is -0.368. The molecule has 0 aromatic carbocycles. The van der Waals surface area contributed by atoms with E-state index in [1.807, 2.05) is 12.3 Å². The first-order chi connectivity index (χ1) is 9.65. The third-order valence-corrected chi connectivity index (χ3v) is 5.01. The van der Waals surface area contributed by atoms with Crippen molar-refractivity contribution in [1.29, 1.82) is 0 Å². The van der Waals surface area contributed by atoms with E-state index in [4.69, 9.17) is 0 Å². The molecule has 3 rings (SSSR count). The third-order valence-electron chi connectivity index (χ3n) is 4.04. The van der Waals surface area contributed by atoms with Crippen molar-refractivity contribution in [2.75, 3.05) is 0 Å². The Kier molecular flexibility index (Phi) is 3.85. The van der Waals surface area contributed by atoms with Gasteiger partial charge in [-0.05, 0) is 19.8 Å². The lowest BCUT2D eigenvalue weighted by Gasteiger charge is -2.22. The van der Waals surface area contributed by atoms with Gasteiger partial charge in [-0.1, -0.05) is 12.8 Å². The third kappa shape index (κ3) is 2.62. The molecule has 1 aliphatic heterocycles. The number of amides is 2. The Labute approximate surface area is 122 Å². The number of carbonyl (C=O) groups excluding carboxylic acids is 2. The molecule has 1 saturated carbocycles. The SMILES string of the molecule is Cc1csc(CNC2CC(=O)N(C3CCCC3)C2=O)n1. The van der Waals surface area contributed by atoms with Crippen LogP contribution in [0.25, 0.3) is 0 Å². The lowest BCUT2D eigenvalue weighted by Crippen LogP contribution is -2.42. The fraction of sp³-hybridized carbons (Fsp3) is 0.643. The number of rotatable bonds is 4. The Morgan fingerprint density at radius 1 is 1.40 bits per heavy atom. The highest BCUT2D eigenvalue weighted by Crippen LogP contribution is 2.28. The van der Waals surface area contributed by atoms with Gasteiger partial charge in [-0.25, -0.2) is 4.98 Å². The number of imide groups is 1. The molecule has 1 N–H and O–H groups in total. The van der Waals surface area contributed by atoms with Crippen LogP contribution in [-0.2, 0) is 16.1 Å². The predicted octanol–water partition coefficient (Wildman–Crippen LogP) is 1.61. The van der Waals surface area contributed by atoms with Gasteiger partial charge in [0.25, 0.3) is 0 Å². The quantitative estimate of drug-likeness (QED) is 0.857. The zero-order valence-electron chi connectivity index (χ0n) is 11.6. The van der Waals surface area contributed by atoms with Gasteiger partial charge in [-0.2, -0.15) is 0 Å². The summed E-state index contributed by atoms with van der Waals surface area (Å²) in [6, 6.07) is -0.226. The number of nitrogens with zero attached hydrogens (tertiary/aromatic N) is 2. The zero-order chi connectivity index (χ0) is 14.1. The Morgan fingerprint density at radius 3 is 2.80 bits per heavy atom. The molecule has 1 saturated heterocycles. The van der Waals surface area contributed by atoms with Gasteiger partial charge in [-0.3, -0.25) is 19.8 Å². The van der Waals surface area contributed by atoms with Crippen LogP contribution in [0, 0.1) is 6.92 Å². The number of nitrogens with one attached hydrogen (secondary N) is 1. The number of carbonyl (C=O) groups is 2. The summed E-state index contributed by atoms with van der Waals surface area (Å²) in [6.07, 6.45) is 4.47.